The molecule has 0 spiro atoms. The highest BCUT2D eigenvalue weighted by molar-refractivity contribution is 5.00. The normalized spacial score (nSPS) is 26.3. The highest BCUT2D eigenvalue weighted by Crippen LogP contribution is 2.24. The summed E-state index contributed by atoms with van der Waals surface area (Å²) in [5, 5.41) is 12.8. The quantitative estimate of drug-likeness (QED) is 0.545. The second-order valence-electron chi connectivity index (χ2n) is 2.77. The van der Waals surface area contributed by atoms with Crippen LogP contribution in [-0.4, -0.2) is 23.3 Å². The number of hydrogen-bond acceptors (Lipinski definition) is 2. The van der Waals surface area contributed by atoms with Crippen molar-refractivity contribution in [3.05, 3.63) is 0 Å². The van der Waals surface area contributed by atoms with E-state index in [2.05, 4.69) is 5.32 Å². The van der Waals surface area contributed by atoms with Crippen LogP contribution in [0, 0.1) is 0 Å². The molecule has 1 rings (SSSR count). The molecule has 0 amide bonds. The van der Waals surface area contributed by atoms with E-state index in [0.717, 1.165) is 19.4 Å². The lowest BCUT2D eigenvalue weighted by molar-refractivity contribution is 0.0311. The first-order valence-corrected chi connectivity index (χ1v) is 3.68. The predicted molar refractivity (Wildman–Crippen MR) is 37.3 cm³/mol. The molecular weight excluding hydrogens is 114 g/mol. The molecule has 0 aromatic heterocycles. The molecule has 0 aromatic rings. The van der Waals surface area contributed by atoms with Gasteiger partial charge in [-0.3, -0.25) is 0 Å². The summed E-state index contributed by atoms with van der Waals surface area (Å²) in [6.07, 6.45) is 1.72. The maximum atomic E-state index is 9.71. The smallest absolute Gasteiger partial charge is 0.0807 e. The molecule has 0 unspecified atom stereocenters. The second kappa shape index (κ2) is 2.27. The predicted octanol–water partition coefficient (Wildman–Crippen LogP) is 0.509. The van der Waals surface area contributed by atoms with Gasteiger partial charge >= 0.3 is 0 Å². The maximum absolute atomic E-state index is 9.71. The highest BCUT2D eigenvalue weighted by atomic mass is 16.3. The van der Waals surface area contributed by atoms with Crippen LogP contribution < -0.4 is 5.32 Å². The Kier molecular flexibility index (Phi) is 1.78. The van der Waals surface area contributed by atoms with Crippen LogP contribution >= 0.6 is 0 Å². The van der Waals surface area contributed by atoms with E-state index in [1.807, 2.05) is 13.8 Å². The summed E-state index contributed by atoms with van der Waals surface area (Å²) in [4.78, 5) is 0. The van der Waals surface area contributed by atoms with E-state index in [1.54, 1.807) is 0 Å². The van der Waals surface area contributed by atoms with Crippen LogP contribution in [0.4, 0.5) is 0 Å². The molecule has 0 aliphatic carbocycles. The van der Waals surface area contributed by atoms with Crippen LogP contribution in [0.5, 0.6) is 0 Å². The van der Waals surface area contributed by atoms with Gasteiger partial charge < -0.3 is 10.4 Å². The first-order chi connectivity index (χ1) is 4.23. The zero-order valence-corrected chi connectivity index (χ0v) is 6.15. The van der Waals surface area contributed by atoms with Crippen molar-refractivity contribution in [1.29, 1.82) is 0 Å². The Hall–Kier alpha value is -0.0800. The lowest BCUT2D eigenvalue weighted by Gasteiger charge is -2.23. The van der Waals surface area contributed by atoms with Crippen molar-refractivity contribution in [3.8, 4) is 0 Å². The lowest BCUT2D eigenvalue weighted by atomic mass is 9.94. The first-order valence-electron chi connectivity index (χ1n) is 3.68. The fraction of sp³-hybridized carbons (Fsp3) is 1.00. The fourth-order valence-electron chi connectivity index (χ4n) is 1.18. The van der Waals surface area contributed by atoms with Crippen molar-refractivity contribution in [2.45, 2.75) is 38.3 Å². The Morgan fingerprint density at radius 3 is 2.11 bits per heavy atom. The molecule has 2 heteroatoms. The molecule has 0 aromatic carbocycles. The van der Waals surface area contributed by atoms with Crippen LogP contribution in [0.2, 0.25) is 0 Å². The van der Waals surface area contributed by atoms with E-state index in [1.165, 1.54) is 0 Å². The molecule has 2 nitrogen and oxygen atoms in total. The number of aliphatic hydroxyl groups is 1. The molecule has 0 radical (unpaired) electrons. The van der Waals surface area contributed by atoms with Gasteiger partial charge in [0.1, 0.15) is 0 Å². The molecule has 9 heavy (non-hydrogen) atoms. The van der Waals surface area contributed by atoms with E-state index in [-0.39, 0.29) is 0 Å². The van der Waals surface area contributed by atoms with Crippen LogP contribution in [0.1, 0.15) is 26.7 Å². The summed E-state index contributed by atoms with van der Waals surface area (Å²) in [5.74, 6) is 0. The van der Waals surface area contributed by atoms with Crippen LogP contribution in [0.25, 0.3) is 0 Å². The van der Waals surface area contributed by atoms with Crippen LogP contribution in [0.3, 0.4) is 0 Å². The zero-order valence-electron chi connectivity index (χ0n) is 6.15. The van der Waals surface area contributed by atoms with Gasteiger partial charge in [0.05, 0.1) is 5.60 Å². The SMILES string of the molecule is CCC(O)(CC)[C@@H]1CN1. The van der Waals surface area contributed by atoms with E-state index >= 15 is 0 Å². The Balaban J connectivity index is 2.43. The average molecular weight is 129 g/mol. The van der Waals surface area contributed by atoms with E-state index < -0.39 is 5.60 Å². The molecule has 0 bridgehead atoms. The van der Waals surface area contributed by atoms with E-state index in [4.69, 9.17) is 0 Å². The number of rotatable bonds is 3. The van der Waals surface area contributed by atoms with Crippen molar-refractivity contribution in [3.63, 3.8) is 0 Å². The van der Waals surface area contributed by atoms with Crippen molar-refractivity contribution >= 4 is 0 Å². The van der Waals surface area contributed by atoms with Crippen molar-refractivity contribution in [1.82, 2.24) is 5.32 Å². The monoisotopic (exact) mass is 129 g/mol. The largest absolute Gasteiger partial charge is 0.388 e. The van der Waals surface area contributed by atoms with Crippen molar-refractivity contribution < 1.29 is 5.11 Å². The van der Waals surface area contributed by atoms with Gasteiger partial charge in [-0.2, -0.15) is 0 Å². The number of nitrogens with one attached hydrogen (secondary N) is 1. The van der Waals surface area contributed by atoms with Gasteiger partial charge in [0.15, 0.2) is 0 Å². The molecule has 0 saturated carbocycles. The van der Waals surface area contributed by atoms with Crippen LogP contribution in [-0.2, 0) is 0 Å². The van der Waals surface area contributed by atoms with Crippen molar-refractivity contribution in [2.75, 3.05) is 6.54 Å². The molecule has 1 heterocycles. The van der Waals surface area contributed by atoms with Crippen molar-refractivity contribution in [2.24, 2.45) is 0 Å². The average Bonchev–Trinajstić information content (AvgIpc) is 2.68. The Labute approximate surface area is 56.3 Å². The van der Waals surface area contributed by atoms with Gasteiger partial charge in [0.25, 0.3) is 0 Å². The lowest BCUT2D eigenvalue weighted by Crippen LogP contribution is -2.35. The molecule has 1 saturated heterocycles. The third-order valence-electron chi connectivity index (χ3n) is 2.28. The zero-order chi connectivity index (χ0) is 6.91. The molecule has 1 atom stereocenters. The molecule has 54 valence electrons. The van der Waals surface area contributed by atoms with Gasteiger partial charge in [-0.25, -0.2) is 0 Å². The maximum Gasteiger partial charge on any atom is 0.0807 e. The third-order valence-corrected chi connectivity index (χ3v) is 2.28. The standard InChI is InChI=1S/C7H15NO/c1-3-7(9,4-2)6-5-8-6/h6,8-9H,3-5H2,1-2H3/t6-/m0/s1. The van der Waals surface area contributed by atoms with E-state index in [9.17, 15) is 5.11 Å². The summed E-state index contributed by atoms with van der Waals surface area (Å²) in [6.45, 7) is 5.06. The summed E-state index contributed by atoms with van der Waals surface area (Å²) >= 11 is 0. The Morgan fingerprint density at radius 1 is 1.56 bits per heavy atom. The minimum Gasteiger partial charge on any atom is -0.388 e. The minimum absolute atomic E-state index is 0.382. The van der Waals surface area contributed by atoms with Gasteiger partial charge in [0, 0.05) is 12.6 Å². The van der Waals surface area contributed by atoms with Gasteiger partial charge in [-0.05, 0) is 12.8 Å². The summed E-state index contributed by atoms with van der Waals surface area (Å²) in [5.41, 5.74) is -0.417. The van der Waals surface area contributed by atoms with Gasteiger partial charge in [0.2, 0.25) is 0 Å². The molecule has 1 aliphatic heterocycles. The number of hydrogen-bond donors (Lipinski definition) is 2. The first kappa shape index (κ1) is 7.03. The van der Waals surface area contributed by atoms with Crippen LogP contribution in [0.15, 0.2) is 0 Å². The second-order valence-corrected chi connectivity index (χ2v) is 2.77. The Bertz CT molecular complexity index is 95.1. The third kappa shape index (κ3) is 1.25. The van der Waals surface area contributed by atoms with E-state index in [0.29, 0.717) is 6.04 Å². The summed E-state index contributed by atoms with van der Waals surface area (Å²) in [7, 11) is 0. The summed E-state index contributed by atoms with van der Waals surface area (Å²) < 4.78 is 0. The fourth-order valence-corrected chi connectivity index (χ4v) is 1.18. The molecular formula is C7H15NO. The topological polar surface area (TPSA) is 42.2 Å². The van der Waals surface area contributed by atoms with Gasteiger partial charge in [-0.1, -0.05) is 13.8 Å². The van der Waals surface area contributed by atoms with Gasteiger partial charge in [-0.15, -0.1) is 0 Å². The minimum atomic E-state index is -0.417. The summed E-state index contributed by atoms with van der Waals surface area (Å²) in [6, 6.07) is 0.382. The highest BCUT2D eigenvalue weighted by Gasteiger charge is 2.40. The molecule has 2 N–H and O–H groups in total. The molecule has 1 fully saturated rings. The Morgan fingerprint density at radius 2 is 2.00 bits per heavy atom. The molecule has 1 aliphatic rings.